The Balaban J connectivity index is 1.56. The van der Waals surface area contributed by atoms with Crippen molar-refractivity contribution in [1.82, 2.24) is 10.2 Å². The van der Waals surface area contributed by atoms with Crippen molar-refractivity contribution in [2.75, 3.05) is 0 Å². The van der Waals surface area contributed by atoms with Gasteiger partial charge in [0.05, 0.1) is 6.26 Å². The molecule has 2 aromatic heterocycles. The van der Waals surface area contributed by atoms with Crippen molar-refractivity contribution in [3.8, 4) is 11.7 Å². The molecule has 0 aliphatic carbocycles. The molecular formula is C16H11FN2O4. The molecule has 0 radical (unpaired) electrons. The minimum absolute atomic E-state index is 0.129. The monoisotopic (exact) mass is 314 g/mol. The lowest BCUT2D eigenvalue weighted by atomic mass is 10.2. The van der Waals surface area contributed by atoms with E-state index in [9.17, 15) is 9.18 Å². The number of carbonyl (C=O) groups excluding carboxylic acids is 1. The number of benzene rings is 1. The predicted octanol–water partition coefficient (Wildman–Crippen LogP) is 3.23. The minimum Gasteiger partial charge on any atom is -0.459 e. The highest BCUT2D eigenvalue weighted by molar-refractivity contribution is 5.87. The molecule has 23 heavy (non-hydrogen) atoms. The topological polar surface area (TPSA) is 78.4 Å². The zero-order valence-corrected chi connectivity index (χ0v) is 11.8. The van der Waals surface area contributed by atoms with Gasteiger partial charge in [0, 0.05) is 11.6 Å². The summed E-state index contributed by atoms with van der Waals surface area (Å²) in [5.41, 5.74) is 0.294. The number of hydrogen-bond acceptors (Lipinski definition) is 6. The van der Waals surface area contributed by atoms with Crippen molar-refractivity contribution < 1.29 is 22.8 Å². The Labute approximate surface area is 130 Å². The zero-order chi connectivity index (χ0) is 16.1. The number of hydrogen-bond donors (Lipinski definition) is 0. The van der Waals surface area contributed by atoms with E-state index in [1.165, 1.54) is 18.4 Å². The molecule has 1 aromatic carbocycles. The van der Waals surface area contributed by atoms with Crippen LogP contribution in [0.5, 0.6) is 0 Å². The molecule has 0 atom stereocenters. The molecule has 0 saturated heterocycles. The van der Waals surface area contributed by atoms with Crippen LogP contribution >= 0.6 is 0 Å². The Morgan fingerprint density at radius 1 is 1.22 bits per heavy atom. The third-order valence-corrected chi connectivity index (χ3v) is 2.84. The van der Waals surface area contributed by atoms with Crippen LogP contribution in [0.15, 0.2) is 57.6 Å². The Kier molecular flexibility index (Phi) is 4.28. The van der Waals surface area contributed by atoms with Crippen molar-refractivity contribution in [2.45, 2.75) is 6.61 Å². The predicted molar refractivity (Wildman–Crippen MR) is 77.2 cm³/mol. The number of halogens is 1. The molecule has 0 N–H and O–H groups in total. The molecule has 0 fully saturated rings. The molecule has 0 amide bonds. The van der Waals surface area contributed by atoms with E-state index < -0.39 is 11.8 Å². The normalized spacial score (nSPS) is 11.0. The smallest absolute Gasteiger partial charge is 0.331 e. The van der Waals surface area contributed by atoms with E-state index in [0.29, 0.717) is 11.3 Å². The van der Waals surface area contributed by atoms with Crippen LogP contribution in [0.1, 0.15) is 11.5 Å². The summed E-state index contributed by atoms with van der Waals surface area (Å²) in [6, 6.07) is 9.44. The number of ether oxygens (including phenoxy) is 1. The molecule has 3 rings (SSSR count). The first-order chi connectivity index (χ1) is 11.2. The lowest BCUT2D eigenvalue weighted by Gasteiger charge is -1.98. The Bertz CT molecular complexity index is 824. The van der Waals surface area contributed by atoms with E-state index in [0.717, 1.165) is 6.08 Å². The second-order valence-corrected chi connectivity index (χ2v) is 4.44. The molecule has 0 aliphatic rings. The van der Waals surface area contributed by atoms with Crippen LogP contribution in [0.2, 0.25) is 0 Å². The molecule has 0 aliphatic heterocycles. The quantitative estimate of drug-likeness (QED) is 0.531. The fourth-order valence-corrected chi connectivity index (χ4v) is 1.76. The number of carbonyl (C=O) groups is 1. The first kappa shape index (κ1) is 14.7. The van der Waals surface area contributed by atoms with Gasteiger partial charge in [0.2, 0.25) is 0 Å². The number of rotatable bonds is 5. The number of aromatic nitrogens is 2. The first-order valence-corrected chi connectivity index (χ1v) is 6.68. The highest BCUT2D eigenvalue weighted by atomic mass is 19.1. The molecule has 7 heteroatoms. The second kappa shape index (κ2) is 6.69. The van der Waals surface area contributed by atoms with Gasteiger partial charge < -0.3 is 13.6 Å². The summed E-state index contributed by atoms with van der Waals surface area (Å²) >= 11 is 0. The van der Waals surface area contributed by atoms with Gasteiger partial charge in [0.15, 0.2) is 12.4 Å². The van der Waals surface area contributed by atoms with E-state index in [1.54, 1.807) is 30.3 Å². The number of esters is 1. The van der Waals surface area contributed by atoms with Crippen LogP contribution in [-0.4, -0.2) is 16.2 Å². The standard InChI is InChI=1S/C16H11FN2O4/c17-12-5-2-1-4-11(12)7-8-15(20)22-10-14-18-19-16(23-14)13-6-3-9-21-13/h1-9H,10H2/b8-7+. The third kappa shape index (κ3) is 3.70. The average molecular weight is 314 g/mol. The van der Waals surface area contributed by atoms with Gasteiger partial charge in [-0.3, -0.25) is 0 Å². The van der Waals surface area contributed by atoms with Crippen LogP contribution in [0.4, 0.5) is 4.39 Å². The highest BCUT2D eigenvalue weighted by Crippen LogP contribution is 2.18. The Morgan fingerprint density at radius 2 is 2.09 bits per heavy atom. The largest absolute Gasteiger partial charge is 0.459 e. The lowest BCUT2D eigenvalue weighted by Crippen LogP contribution is -2.01. The first-order valence-electron chi connectivity index (χ1n) is 6.68. The summed E-state index contributed by atoms with van der Waals surface area (Å²) in [5.74, 6) is -0.316. The molecular weight excluding hydrogens is 303 g/mol. The maximum Gasteiger partial charge on any atom is 0.331 e. The SMILES string of the molecule is O=C(/C=C/c1ccccc1F)OCc1nnc(-c2ccco2)o1. The van der Waals surface area contributed by atoms with Crippen molar-refractivity contribution >= 4 is 12.0 Å². The van der Waals surface area contributed by atoms with E-state index in [1.807, 2.05) is 0 Å². The van der Waals surface area contributed by atoms with Crippen molar-refractivity contribution in [1.29, 1.82) is 0 Å². The summed E-state index contributed by atoms with van der Waals surface area (Å²) in [6.45, 7) is -0.186. The Morgan fingerprint density at radius 3 is 2.87 bits per heavy atom. The van der Waals surface area contributed by atoms with Gasteiger partial charge >= 0.3 is 5.97 Å². The molecule has 116 valence electrons. The Hall–Kier alpha value is -3.22. The summed E-state index contributed by atoms with van der Waals surface area (Å²) in [5, 5.41) is 7.51. The van der Waals surface area contributed by atoms with Gasteiger partial charge in [-0.15, -0.1) is 10.2 Å². The second-order valence-electron chi connectivity index (χ2n) is 4.44. The molecule has 0 saturated carbocycles. The minimum atomic E-state index is -0.647. The van der Waals surface area contributed by atoms with Crippen molar-refractivity contribution in [2.24, 2.45) is 0 Å². The fraction of sp³-hybridized carbons (Fsp3) is 0.0625. The van der Waals surface area contributed by atoms with Crippen LogP contribution < -0.4 is 0 Å². The van der Waals surface area contributed by atoms with Crippen LogP contribution in [-0.2, 0) is 16.1 Å². The molecule has 0 unspecified atom stereocenters. The number of nitrogens with zero attached hydrogens (tertiary/aromatic N) is 2. The zero-order valence-electron chi connectivity index (χ0n) is 11.8. The molecule has 2 heterocycles. The molecule has 0 spiro atoms. The third-order valence-electron chi connectivity index (χ3n) is 2.84. The summed E-state index contributed by atoms with van der Waals surface area (Å²) in [7, 11) is 0. The van der Waals surface area contributed by atoms with Crippen LogP contribution in [0, 0.1) is 5.82 Å². The maximum atomic E-state index is 13.4. The van der Waals surface area contributed by atoms with Gasteiger partial charge in [-0.05, 0) is 24.3 Å². The maximum absolute atomic E-state index is 13.4. The summed E-state index contributed by atoms with van der Waals surface area (Å²) < 4.78 is 28.7. The van der Waals surface area contributed by atoms with Gasteiger partial charge in [-0.25, -0.2) is 9.18 Å². The van der Waals surface area contributed by atoms with Gasteiger partial charge in [0.25, 0.3) is 11.8 Å². The molecule has 0 bridgehead atoms. The van der Waals surface area contributed by atoms with Crippen LogP contribution in [0.3, 0.4) is 0 Å². The van der Waals surface area contributed by atoms with Crippen molar-refractivity contribution in [3.05, 3.63) is 66.0 Å². The van der Waals surface area contributed by atoms with Gasteiger partial charge in [-0.2, -0.15) is 0 Å². The van der Waals surface area contributed by atoms with E-state index >= 15 is 0 Å². The molecule has 6 nitrogen and oxygen atoms in total. The van der Waals surface area contributed by atoms with Gasteiger partial charge in [-0.1, -0.05) is 18.2 Å². The lowest BCUT2D eigenvalue weighted by molar-refractivity contribution is -0.139. The van der Waals surface area contributed by atoms with E-state index in [2.05, 4.69) is 10.2 Å². The van der Waals surface area contributed by atoms with Crippen molar-refractivity contribution in [3.63, 3.8) is 0 Å². The van der Waals surface area contributed by atoms with E-state index in [4.69, 9.17) is 13.6 Å². The highest BCUT2D eigenvalue weighted by Gasteiger charge is 2.11. The fourth-order valence-electron chi connectivity index (χ4n) is 1.76. The number of furan rings is 1. The van der Waals surface area contributed by atoms with Gasteiger partial charge in [0.1, 0.15) is 5.82 Å². The average Bonchev–Trinajstić information content (AvgIpc) is 3.23. The van der Waals surface area contributed by atoms with E-state index in [-0.39, 0.29) is 18.4 Å². The van der Waals surface area contributed by atoms with Crippen LogP contribution in [0.25, 0.3) is 17.7 Å². The summed E-state index contributed by atoms with van der Waals surface area (Å²) in [4.78, 5) is 11.6. The summed E-state index contributed by atoms with van der Waals surface area (Å²) in [6.07, 6.45) is 3.94. The molecule has 3 aromatic rings.